The molecule has 0 spiro atoms. The first-order valence-electron chi connectivity index (χ1n) is 10.3. The van der Waals surface area contributed by atoms with Crippen molar-refractivity contribution in [2.45, 2.75) is 33.9 Å². The van der Waals surface area contributed by atoms with Crippen LogP contribution in [0.15, 0.2) is 88.7 Å². The number of thioether (sulfide) groups is 2. The van der Waals surface area contributed by atoms with Crippen LogP contribution in [0.25, 0.3) is 0 Å². The summed E-state index contributed by atoms with van der Waals surface area (Å²) in [6.45, 7) is 2.02. The predicted molar refractivity (Wildman–Crippen MR) is 131 cm³/mol. The normalized spacial score (nSPS) is 20.4. The minimum Gasteiger partial charge on any atom is -0.468 e. The highest BCUT2D eigenvalue weighted by Gasteiger charge is 2.59. The summed E-state index contributed by atoms with van der Waals surface area (Å²) >= 11 is 3.03. The van der Waals surface area contributed by atoms with Crippen LogP contribution >= 0.6 is 23.5 Å². The first kappa shape index (κ1) is 22.5. The number of benzene rings is 3. The summed E-state index contributed by atoms with van der Waals surface area (Å²) in [7, 11) is 1.39. The summed E-state index contributed by atoms with van der Waals surface area (Å²) in [5, 5.41) is 0. The van der Waals surface area contributed by atoms with Gasteiger partial charge in [0, 0.05) is 15.5 Å². The number of hydrogen-bond acceptors (Lipinski definition) is 5. The van der Waals surface area contributed by atoms with Crippen molar-refractivity contribution in [2.24, 2.45) is 0 Å². The Morgan fingerprint density at radius 3 is 2.38 bits per heavy atom. The van der Waals surface area contributed by atoms with Gasteiger partial charge in [-0.2, -0.15) is 0 Å². The predicted octanol–water partition coefficient (Wildman–Crippen LogP) is 5.90. The molecule has 1 fully saturated rings. The van der Waals surface area contributed by atoms with Gasteiger partial charge in [-0.05, 0) is 49.1 Å². The number of hydrogen-bond donors (Lipinski definition) is 0. The third-order valence-electron chi connectivity index (χ3n) is 5.68. The number of rotatable bonds is 6. The molecule has 0 aromatic heterocycles. The molecular weight excluding hydrogens is 438 g/mol. The lowest BCUT2D eigenvalue weighted by Crippen LogP contribution is -2.42. The second-order valence-electron chi connectivity index (χ2n) is 7.75. The average Bonchev–Trinajstić information content (AvgIpc) is 3.13. The molecule has 1 heterocycles. The highest BCUT2D eigenvalue weighted by Crippen LogP contribution is 2.54. The Morgan fingerprint density at radius 2 is 1.72 bits per heavy atom. The van der Waals surface area contributed by atoms with Crippen molar-refractivity contribution in [2.75, 3.05) is 18.3 Å². The zero-order valence-corrected chi connectivity index (χ0v) is 19.9. The van der Waals surface area contributed by atoms with Crippen LogP contribution in [0.3, 0.4) is 0 Å². The minimum atomic E-state index is -1.11. The largest absolute Gasteiger partial charge is 0.468 e. The van der Waals surface area contributed by atoms with Crippen LogP contribution in [0.4, 0.5) is 5.69 Å². The molecule has 0 bridgehead atoms. The number of nitrogens with zero attached hydrogens (tertiary/aromatic N) is 1. The van der Waals surface area contributed by atoms with Crippen LogP contribution in [0.1, 0.15) is 23.6 Å². The number of carbonyl (C=O) groups excluding carboxylic acids is 2. The molecule has 32 heavy (non-hydrogen) atoms. The molecule has 2 atom stereocenters. The molecule has 1 aliphatic rings. The molecule has 3 aromatic rings. The molecule has 0 N–H and O–H groups in total. The molecule has 0 radical (unpaired) electrons. The van der Waals surface area contributed by atoms with E-state index in [0.29, 0.717) is 0 Å². The number of aryl methyl sites for hydroxylation is 1. The molecule has 164 valence electrons. The van der Waals surface area contributed by atoms with Crippen molar-refractivity contribution < 1.29 is 14.3 Å². The van der Waals surface area contributed by atoms with Gasteiger partial charge in [-0.15, -0.1) is 23.5 Å². The lowest BCUT2D eigenvalue weighted by molar-refractivity contribution is -0.144. The van der Waals surface area contributed by atoms with Crippen LogP contribution < -0.4 is 4.90 Å². The van der Waals surface area contributed by atoms with E-state index in [2.05, 4.69) is 0 Å². The fourth-order valence-corrected chi connectivity index (χ4v) is 6.03. The van der Waals surface area contributed by atoms with E-state index in [9.17, 15) is 9.59 Å². The van der Waals surface area contributed by atoms with Gasteiger partial charge >= 0.3 is 5.97 Å². The first-order chi connectivity index (χ1) is 15.5. The van der Waals surface area contributed by atoms with Crippen LogP contribution in [0.2, 0.25) is 0 Å². The van der Waals surface area contributed by atoms with Crippen LogP contribution in [-0.2, 0) is 14.3 Å². The van der Waals surface area contributed by atoms with Gasteiger partial charge < -0.3 is 9.64 Å². The maximum Gasteiger partial charge on any atom is 0.325 e. The SMILES string of the molecule is COC(=O)[C@@]1(Sc2ccc(C)cc2)CC(=O)N(c2cccc(SC)c2)[C@@H]1c1ccccc1. The van der Waals surface area contributed by atoms with E-state index in [1.54, 1.807) is 16.7 Å². The molecule has 1 saturated heterocycles. The summed E-state index contributed by atoms with van der Waals surface area (Å²) in [6, 6.07) is 25.2. The van der Waals surface area contributed by atoms with Gasteiger partial charge in [-0.3, -0.25) is 9.59 Å². The summed E-state index contributed by atoms with van der Waals surface area (Å²) < 4.78 is 4.21. The highest BCUT2D eigenvalue weighted by atomic mass is 32.2. The van der Waals surface area contributed by atoms with Crippen molar-refractivity contribution >= 4 is 41.1 Å². The maximum atomic E-state index is 13.5. The summed E-state index contributed by atoms with van der Waals surface area (Å²) in [5.74, 6) is -0.490. The molecule has 6 heteroatoms. The van der Waals surface area contributed by atoms with E-state index in [0.717, 1.165) is 26.6 Å². The van der Waals surface area contributed by atoms with Gasteiger partial charge in [0.25, 0.3) is 0 Å². The third-order valence-corrected chi connectivity index (χ3v) is 7.81. The highest BCUT2D eigenvalue weighted by molar-refractivity contribution is 8.01. The second kappa shape index (κ2) is 9.43. The summed E-state index contributed by atoms with van der Waals surface area (Å²) in [6.07, 6.45) is 2.06. The fraction of sp³-hybridized carbons (Fsp3) is 0.231. The smallest absolute Gasteiger partial charge is 0.325 e. The number of ether oxygens (including phenoxy) is 1. The molecule has 3 aromatic carbocycles. The zero-order valence-electron chi connectivity index (χ0n) is 18.3. The van der Waals surface area contributed by atoms with E-state index < -0.39 is 16.8 Å². The molecule has 1 aliphatic heterocycles. The molecule has 1 amide bonds. The number of methoxy groups -OCH3 is 1. The van der Waals surface area contributed by atoms with Gasteiger partial charge in [-0.1, -0.05) is 54.1 Å². The number of amides is 1. The van der Waals surface area contributed by atoms with E-state index >= 15 is 0 Å². The van der Waals surface area contributed by atoms with Gasteiger partial charge in [0.15, 0.2) is 4.75 Å². The lowest BCUT2D eigenvalue weighted by Gasteiger charge is -2.35. The topological polar surface area (TPSA) is 46.6 Å². The second-order valence-corrected chi connectivity index (χ2v) is 10.0. The molecule has 0 unspecified atom stereocenters. The number of esters is 1. The van der Waals surface area contributed by atoms with E-state index in [1.807, 2.05) is 92.0 Å². The first-order valence-corrected chi connectivity index (χ1v) is 12.4. The Bertz CT molecular complexity index is 1120. The average molecular weight is 464 g/mol. The fourth-order valence-electron chi connectivity index (χ4n) is 4.17. The summed E-state index contributed by atoms with van der Waals surface area (Å²) in [5.41, 5.74) is 2.82. The van der Waals surface area contributed by atoms with E-state index in [1.165, 1.54) is 18.9 Å². The number of carbonyl (C=O) groups is 2. The molecule has 0 saturated carbocycles. The molecule has 4 rings (SSSR count). The van der Waals surface area contributed by atoms with Crippen molar-refractivity contribution in [3.8, 4) is 0 Å². The zero-order chi connectivity index (χ0) is 22.7. The van der Waals surface area contributed by atoms with Crippen LogP contribution in [0.5, 0.6) is 0 Å². The van der Waals surface area contributed by atoms with Gasteiger partial charge in [-0.25, -0.2) is 0 Å². The monoisotopic (exact) mass is 463 g/mol. The lowest BCUT2D eigenvalue weighted by atomic mass is 9.92. The summed E-state index contributed by atoms with van der Waals surface area (Å²) in [4.78, 5) is 30.7. The molecular formula is C26H25NO3S2. The van der Waals surface area contributed by atoms with Crippen molar-refractivity contribution in [1.82, 2.24) is 0 Å². The molecule has 4 nitrogen and oxygen atoms in total. The maximum absolute atomic E-state index is 13.5. The Morgan fingerprint density at radius 1 is 1.00 bits per heavy atom. The Labute approximate surface area is 197 Å². The van der Waals surface area contributed by atoms with Crippen molar-refractivity contribution in [1.29, 1.82) is 0 Å². The quantitative estimate of drug-likeness (QED) is 0.336. The molecule has 0 aliphatic carbocycles. The third kappa shape index (κ3) is 4.17. The van der Waals surface area contributed by atoms with Gasteiger partial charge in [0.1, 0.15) is 0 Å². The minimum absolute atomic E-state index is 0.0568. The Balaban J connectivity index is 1.89. The Kier molecular flexibility index (Phi) is 6.63. The Hall–Kier alpha value is -2.70. The van der Waals surface area contributed by atoms with Crippen LogP contribution in [-0.4, -0.2) is 30.0 Å². The van der Waals surface area contributed by atoms with E-state index in [-0.39, 0.29) is 12.3 Å². The van der Waals surface area contributed by atoms with E-state index in [4.69, 9.17) is 4.74 Å². The van der Waals surface area contributed by atoms with Gasteiger partial charge in [0.05, 0.1) is 19.6 Å². The van der Waals surface area contributed by atoms with Crippen molar-refractivity contribution in [3.63, 3.8) is 0 Å². The van der Waals surface area contributed by atoms with Gasteiger partial charge in [0.2, 0.25) is 5.91 Å². The standard InChI is InChI=1S/C26H25NO3S2/c1-18-12-14-21(15-13-18)32-26(25(29)30-2)17-23(28)27(20-10-7-11-22(16-20)31-3)24(26)19-8-5-4-6-9-19/h4-16,24H,17H2,1-3H3/t24-,26-/m1/s1. The number of anilines is 1. The van der Waals surface area contributed by atoms with Crippen LogP contribution in [0, 0.1) is 6.92 Å². The van der Waals surface area contributed by atoms with Crippen molar-refractivity contribution in [3.05, 3.63) is 90.0 Å².